The summed E-state index contributed by atoms with van der Waals surface area (Å²) in [5.41, 5.74) is 0.124. The molecule has 0 saturated carbocycles. The minimum atomic E-state index is -1.18. The van der Waals surface area contributed by atoms with E-state index in [0.29, 0.717) is 0 Å². The van der Waals surface area contributed by atoms with Crippen LogP contribution in [0, 0.1) is 0 Å². The van der Waals surface area contributed by atoms with Crippen LogP contribution in [0.2, 0.25) is 0 Å². The number of ketones is 1. The normalized spacial score (nSPS) is 9.94. The third-order valence-electron chi connectivity index (χ3n) is 2.12. The van der Waals surface area contributed by atoms with Gasteiger partial charge in [0.1, 0.15) is 5.78 Å². The Balaban J connectivity index is 3.20. The van der Waals surface area contributed by atoms with E-state index < -0.39 is 11.9 Å². The fraction of sp³-hybridized carbons (Fsp3) is 0.182. The Morgan fingerprint density at radius 3 is 2.24 bits per heavy atom. The van der Waals surface area contributed by atoms with E-state index in [-0.39, 0.29) is 34.2 Å². The molecule has 0 aromatic heterocycles. The van der Waals surface area contributed by atoms with Crippen LogP contribution in [0.5, 0.6) is 0 Å². The van der Waals surface area contributed by atoms with Crippen LogP contribution >= 0.6 is 15.9 Å². The van der Waals surface area contributed by atoms with Crippen molar-refractivity contribution in [2.45, 2.75) is 6.42 Å². The molecule has 0 unspecified atom stereocenters. The summed E-state index contributed by atoms with van der Waals surface area (Å²) in [6.45, 7) is 0. The zero-order valence-electron chi connectivity index (χ0n) is 8.64. The van der Waals surface area contributed by atoms with Crippen LogP contribution in [-0.4, -0.2) is 33.3 Å². The number of benzene rings is 1. The molecule has 90 valence electrons. The van der Waals surface area contributed by atoms with E-state index in [1.54, 1.807) is 0 Å². The molecule has 2 N–H and O–H groups in total. The maximum Gasteiger partial charge on any atom is 0.335 e. The van der Waals surface area contributed by atoms with Crippen molar-refractivity contribution in [2.24, 2.45) is 0 Å². The SMILES string of the molecule is O=C(CBr)Cc1cc(C(=O)O)ccc1C(=O)O. The fourth-order valence-corrected chi connectivity index (χ4v) is 1.54. The third kappa shape index (κ3) is 3.39. The van der Waals surface area contributed by atoms with E-state index in [9.17, 15) is 14.4 Å². The molecule has 0 heterocycles. The van der Waals surface area contributed by atoms with Crippen molar-refractivity contribution < 1.29 is 24.6 Å². The van der Waals surface area contributed by atoms with Gasteiger partial charge < -0.3 is 10.2 Å². The second kappa shape index (κ2) is 5.58. The minimum Gasteiger partial charge on any atom is -0.478 e. The molecule has 5 nitrogen and oxygen atoms in total. The van der Waals surface area contributed by atoms with Gasteiger partial charge in [0.25, 0.3) is 0 Å². The van der Waals surface area contributed by atoms with Crippen molar-refractivity contribution in [3.05, 3.63) is 34.9 Å². The Bertz CT molecular complexity index is 481. The highest BCUT2D eigenvalue weighted by molar-refractivity contribution is 9.09. The molecule has 0 aliphatic heterocycles. The number of carbonyl (C=O) groups excluding carboxylic acids is 1. The summed E-state index contributed by atoms with van der Waals surface area (Å²) in [6, 6.07) is 3.61. The molecular weight excluding hydrogens is 292 g/mol. The van der Waals surface area contributed by atoms with Crippen molar-refractivity contribution in [3.63, 3.8) is 0 Å². The first-order valence-corrected chi connectivity index (χ1v) is 5.75. The van der Waals surface area contributed by atoms with Gasteiger partial charge >= 0.3 is 11.9 Å². The van der Waals surface area contributed by atoms with Gasteiger partial charge in [-0.15, -0.1) is 0 Å². The molecular formula is C11H9BrO5. The molecule has 0 amide bonds. The average molecular weight is 301 g/mol. The third-order valence-corrected chi connectivity index (χ3v) is 2.74. The van der Waals surface area contributed by atoms with Gasteiger partial charge in [0.2, 0.25) is 0 Å². The first kappa shape index (κ1) is 13.4. The van der Waals surface area contributed by atoms with Gasteiger partial charge in [0.15, 0.2) is 0 Å². The predicted molar refractivity (Wildman–Crippen MR) is 62.9 cm³/mol. The Kier molecular flexibility index (Phi) is 4.39. The second-order valence-electron chi connectivity index (χ2n) is 3.33. The number of aromatic carboxylic acids is 2. The maximum absolute atomic E-state index is 11.2. The van der Waals surface area contributed by atoms with E-state index in [4.69, 9.17) is 10.2 Å². The van der Waals surface area contributed by atoms with Crippen LogP contribution in [0.3, 0.4) is 0 Å². The number of carbonyl (C=O) groups is 3. The molecule has 1 aromatic carbocycles. The molecule has 0 fully saturated rings. The first-order chi connectivity index (χ1) is 7.95. The number of rotatable bonds is 5. The van der Waals surface area contributed by atoms with E-state index in [1.165, 1.54) is 18.2 Å². The largest absolute Gasteiger partial charge is 0.478 e. The summed E-state index contributed by atoms with van der Waals surface area (Å²) >= 11 is 2.97. The maximum atomic E-state index is 11.2. The molecule has 0 bridgehead atoms. The van der Waals surface area contributed by atoms with Crippen molar-refractivity contribution in [2.75, 3.05) is 5.33 Å². The highest BCUT2D eigenvalue weighted by Gasteiger charge is 2.15. The lowest BCUT2D eigenvalue weighted by atomic mass is 10.00. The zero-order chi connectivity index (χ0) is 13.0. The number of alkyl halides is 1. The number of Topliss-reactive ketones (excluding diaryl/α,β-unsaturated/α-hetero) is 1. The number of halogens is 1. The van der Waals surface area contributed by atoms with Crippen LogP contribution in [0.4, 0.5) is 0 Å². The molecule has 17 heavy (non-hydrogen) atoms. The van der Waals surface area contributed by atoms with E-state index in [0.717, 1.165) is 0 Å². The summed E-state index contributed by atoms with van der Waals surface area (Å²) in [7, 11) is 0. The highest BCUT2D eigenvalue weighted by Crippen LogP contribution is 2.14. The fourth-order valence-electron chi connectivity index (χ4n) is 1.34. The molecule has 0 spiro atoms. The number of hydrogen-bond donors (Lipinski definition) is 2. The van der Waals surface area contributed by atoms with Gasteiger partial charge in [-0.1, -0.05) is 15.9 Å². The van der Waals surface area contributed by atoms with Crippen LogP contribution in [0.1, 0.15) is 26.3 Å². The summed E-state index contributed by atoms with van der Waals surface area (Å²) in [4.78, 5) is 32.9. The summed E-state index contributed by atoms with van der Waals surface area (Å²) in [5, 5.41) is 17.8. The number of carboxylic acid groups (broad SMARTS) is 2. The average Bonchev–Trinajstić information content (AvgIpc) is 2.28. The quantitative estimate of drug-likeness (QED) is 0.806. The highest BCUT2D eigenvalue weighted by atomic mass is 79.9. The molecule has 1 rings (SSSR count). The van der Waals surface area contributed by atoms with Gasteiger partial charge in [0, 0.05) is 6.42 Å². The Hall–Kier alpha value is -1.69. The van der Waals surface area contributed by atoms with Crippen LogP contribution < -0.4 is 0 Å². The van der Waals surface area contributed by atoms with Crippen molar-refractivity contribution in [3.8, 4) is 0 Å². The van der Waals surface area contributed by atoms with Crippen LogP contribution in [-0.2, 0) is 11.2 Å². The lowest BCUT2D eigenvalue weighted by Crippen LogP contribution is -2.11. The van der Waals surface area contributed by atoms with Gasteiger partial charge in [-0.25, -0.2) is 9.59 Å². The van der Waals surface area contributed by atoms with Gasteiger partial charge in [-0.3, -0.25) is 4.79 Å². The van der Waals surface area contributed by atoms with E-state index in [2.05, 4.69) is 15.9 Å². The molecule has 1 aromatic rings. The Labute approximate surface area is 105 Å². The van der Waals surface area contributed by atoms with Gasteiger partial charge in [-0.2, -0.15) is 0 Å². The Morgan fingerprint density at radius 2 is 1.76 bits per heavy atom. The molecule has 6 heteroatoms. The predicted octanol–water partition coefficient (Wildman–Crippen LogP) is 1.59. The van der Waals surface area contributed by atoms with Crippen molar-refractivity contribution in [1.29, 1.82) is 0 Å². The molecule has 0 radical (unpaired) electrons. The van der Waals surface area contributed by atoms with Crippen molar-refractivity contribution >= 4 is 33.7 Å². The lowest BCUT2D eigenvalue weighted by Gasteiger charge is -2.05. The minimum absolute atomic E-state index is 0.0348. The lowest BCUT2D eigenvalue weighted by molar-refractivity contribution is -0.115. The second-order valence-corrected chi connectivity index (χ2v) is 3.89. The summed E-state index contributed by atoms with van der Waals surface area (Å²) < 4.78 is 0. The molecule has 0 aliphatic carbocycles. The van der Waals surface area contributed by atoms with Crippen molar-refractivity contribution in [1.82, 2.24) is 0 Å². The molecule has 0 aliphatic rings. The van der Waals surface area contributed by atoms with Crippen LogP contribution in [0.15, 0.2) is 18.2 Å². The van der Waals surface area contributed by atoms with Gasteiger partial charge in [-0.05, 0) is 23.8 Å². The summed E-state index contributed by atoms with van der Waals surface area (Å²) in [5.74, 6) is -2.55. The number of carboxylic acids is 2. The topological polar surface area (TPSA) is 91.7 Å². The van der Waals surface area contributed by atoms with Gasteiger partial charge in [0.05, 0.1) is 16.5 Å². The monoisotopic (exact) mass is 300 g/mol. The molecule has 0 atom stereocenters. The molecule has 0 saturated heterocycles. The first-order valence-electron chi connectivity index (χ1n) is 4.63. The smallest absolute Gasteiger partial charge is 0.335 e. The Morgan fingerprint density at radius 1 is 1.12 bits per heavy atom. The number of hydrogen-bond acceptors (Lipinski definition) is 3. The standard InChI is InChI=1S/C11H9BrO5/c12-5-8(13)4-7-3-6(10(14)15)1-2-9(7)11(16)17/h1-3H,4-5H2,(H,14,15)(H,16,17). The van der Waals surface area contributed by atoms with E-state index in [1.807, 2.05) is 0 Å². The van der Waals surface area contributed by atoms with E-state index >= 15 is 0 Å². The summed E-state index contributed by atoms with van der Waals surface area (Å²) in [6.07, 6.45) is -0.103. The zero-order valence-corrected chi connectivity index (χ0v) is 10.2. The van der Waals surface area contributed by atoms with Crippen LogP contribution in [0.25, 0.3) is 0 Å².